The van der Waals surface area contributed by atoms with Gasteiger partial charge in [0.1, 0.15) is 30.8 Å². The number of rotatable bonds is 7. The van der Waals surface area contributed by atoms with Crippen molar-refractivity contribution in [1.82, 2.24) is 19.5 Å². The number of esters is 3. The van der Waals surface area contributed by atoms with Crippen molar-refractivity contribution < 1.29 is 33.3 Å². The van der Waals surface area contributed by atoms with Gasteiger partial charge < -0.3 is 24.7 Å². The van der Waals surface area contributed by atoms with Crippen LogP contribution >= 0.6 is 0 Å². The van der Waals surface area contributed by atoms with E-state index in [9.17, 15) is 14.4 Å². The molecular formula is C18H23N5O7. The number of nitrogen functional groups attached to an aromatic ring is 1. The predicted octanol–water partition coefficient (Wildman–Crippen LogP) is 0.228. The average molecular weight is 421 g/mol. The SMILES string of the molecule is CC(=O)OC[C@H]1[C@H](COC(C)=O)[C@@H](COC(C)=O)O[C@H]1n1cnc2c(N)ncnc21. The van der Waals surface area contributed by atoms with Gasteiger partial charge in [-0.05, 0) is 0 Å². The molecule has 162 valence electrons. The fraction of sp³-hybridized carbons (Fsp3) is 0.556. The molecule has 0 bridgehead atoms. The number of nitrogens with two attached hydrogens (primary N) is 1. The zero-order valence-electron chi connectivity index (χ0n) is 16.8. The van der Waals surface area contributed by atoms with E-state index in [1.165, 1.54) is 33.4 Å². The molecule has 0 aromatic carbocycles. The largest absolute Gasteiger partial charge is 0.465 e. The Morgan fingerprint density at radius 1 is 0.967 bits per heavy atom. The van der Waals surface area contributed by atoms with E-state index in [0.29, 0.717) is 11.2 Å². The first-order valence-corrected chi connectivity index (χ1v) is 9.26. The van der Waals surface area contributed by atoms with Gasteiger partial charge in [-0.1, -0.05) is 0 Å². The van der Waals surface area contributed by atoms with Crippen LogP contribution in [0.1, 0.15) is 27.0 Å². The molecule has 1 fully saturated rings. The molecule has 1 aliphatic rings. The Hall–Kier alpha value is -3.28. The van der Waals surface area contributed by atoms with Crippen LogP contribution in [-0.2, 0) is 33.3 Å². The number of hydrogen-bond acceptors (Lipinski definition) is 11. The van der Waals surface area contributed by atoms with Crippen molar-refractivity contribution in [3.8, 4) is 0 Å². The average Bonchev–Trinajstić information content (AvgIpc) is 3.24. The Kier molecular flexibility index (Phi) is 6.45. The number of hydrogen-bond donors (Lipinski definition) is 1. The van der Waals surface area contributed by atoms with Gasteiger partial charge in [-0.3, -0.25) is 19.0 Å². The quantitative estimate of drug-likeness (QED) is 0.482. The van der Waals surface area contributed by atoms with Gasteiger partial charge in [0.15, 0.2) is 11.5 Å². The summed E-state index contributed by atoms with van der Waals surface area (Å²) in [4.78, 5) is 46.5. The third-order valence-corrected chi connectivity index (χ3v) is 4.78. The molecule has 0 saturated carbocycles. The molecule has 12 heteroatoms. The Morgan fingerprint density at radius 2 is 1.57 bits per heavy atom. The summed E-state index contributed by atoms with van der Waals surface area (Å²) >= 11 is 0. The summed E-state index contributed by atoms with van der Waals surface area (Å²) in [6.45, 7) is 3.79. The van der Waals surface area contributed by atoms with Gasteiger partial charge >= 0.3 is 17.9 Å². The zero-order valence-corrected chi connectivity index (χ0v) is 16.8. The van der Waals surface area contributed by atoms with Crippen LogP contribution in [0.5, 0.6) is 0 Å². The van der Waals surface area contributed by atoms with Gasteiger partial charge in [0.25, 0.3) is 0 Å². The van der Waals surface area contributed by atoms with Crippen LogP contribution in [0.2, 0.25) is 0 Å². The summed E-state index contributed by atoms with van der Waals surface area (Å²) in [7, 11) is 0. The van der Waals surface area contributed by atoms with Gasteiger partial charge in [-0.15, -0.1) is 0 Å². The van der Waals surface area contributed by atoms with Gasteiger partial charge in [-0.25, -0.2) is 15.0 Å². The minimum atomic E-state index is -0.690. The highest BCUT2D eigenvalue weighted by molar-refractivity contribution is 5.81. The standard InChI is InChI=1S/C18H23N5O7/c1-9(24)27-4-12-13(5-28-10(2)25)18(30-14(12)6-29-11(3)26)23-8-22-15-16(19)20-7-21-17(15)23/h7-8,12-14,18H,4-6H2,1-3H3,(H2,19,20,21)/t12-,13-,14+,18+/m0/s1. The molecule has 1 saturated heterocycles. The molecule has 1 aliphatic heterocycles. The lowest BCUT2D eigenvalue weighted by Crippen LogP contribution is -2.33. The molecule has 12 nitrogen and oxygen atoms in total. The first kappa shape index (κ1) is 21.4. The maximum Gasteiger partial charge on any atom is 0.302 e. The van der Waals surface area contributed by atoms with E-state index in [1.807, 2.05) is 0 Å². The maximum absolute atomic E-state index is 11.4. The summed E-state index contributed by atoms with van der Waals surface area (Å²) in [6, 6.07) is 0. The van der Waals surface area contributed by atoms with E-state index < -0.39 is 42.1 Å². The van der Waals surface area contributed by atoms with Crippen molar-refractivity contribution in [3.63, 3.8) is 0 Å². The molecule has 0 spiro atoms. The van der Waals surface area contributed by atoms with Crippen LogP contribution in [0.15, 0.2) is 12.7 Å². The highest BCUT2D eigenvalue weighted by Crippen LogP contribution is 2.41. The molecule has 0 unspecified atom stereocenters. The monoisotopic (exact) mass is 421 g/mol. The van der Waals surface area contributed by atoms with E-state index in [1.54, 1.807) is 4.57 Å². The van der Waals surface area contributed by atoms with Gasteiger partial charge in [0, 0.05) is 32.6 Å². The number of carbonyl (C=O) groups is 3. The molecule has 30 heavy (non-hydrogen) atoms. The molecule has 0 aliphatic carbocycles. The van der Waals surface area contributed by atoms with Crippen molar-refractivity contribution in [1.29, 1.82) is 0 Å². The third kappa shape index (κ3) is 4.64. The Labute approximate surface area is 171 Å². The highest BCUT2D eigenvalue weighted by Gasteiger charge is 2.47. The van der Waals surface area contributed by atoms with Crippen LogP contribution in [0, 0.1) is 11.8 Å². The van der Waals surface area contributed by atoms with Crippen molar-refractivity contribution in [2.75, 3.05) is 25.6 Å². The molecule has 3 rings (SSSR count). The lowest BCUT2D eigenvalue weighted by atomic mass is 9.90. The normalized spacial score (nSPS) is 23.3. The van der Waals surface area contributed by atoms with E-state index in [4.69, 9.17) is 24.7 Å². The molecule has 2 aromatic rings. The number of nitrogens with zero attached hydrogens (tertiary/aromatic N) is 4. The van der Waals surface area contributed by atoms with Gasteiger partial charge in [0.05, 0.1) is 19.5 Å². The number of ether oxygens (including phenoxy) is 4. The third-order valence-electron chi connectivity index (χ3n) is 4.78. The van der Waals surface area contributed by atoms with E-state index in [2.05, 4.69) is 15.0 Å². The van der Waals surface area contributed by atoms with Gasteiger partial charge in [-0.2, -0.15) is 0 Å². The van der Waals surface area contributed by atoms with Crippen LogP contribution < -0.4 is 5.73 Å². The summed E-state index contributed by atoms with van der Waals surface area (Å²) in [5, 5.41) is 0. The van der Waals surface area contributed by atoms with Crippen LogP contribution in [0.25, 0.3) is 11.2 Å². The molecule has 3 heterocycles. The Bertz CT molecular complexity index is 946. The second kappa shape index (κ2) is 9.03. The molecule has 4 atom stereocenters. The number of carbonyl (C=O) groups excluding carboxylic acids is 3. The number of imidazole rings is 1. The summed E-state index contributed by atoms with van der Waals surface area (Å²) in [6.07, 6.45) is 1.50. The number of fused-ring (bicyclic) bond motifs is 1. The minimum absolute atomic E-state index is 0.00650. The summed E-state index contributed by atoms with van der Waals surface area (Å²) in [5.74, 6) is -2.06. The van der Waals surface area contributed by atoms with E-state index >= 15 is 0 Å². The molecule has 2 aromatic heterocycles. The molecule has 0 radical (unpaired) electrons. The van der Waals surface area contributed by atoms with Gasteiger partial charge in [0.2, 0.25) is 0 Å². The zero-order chi connectivity index (χ0) is 21.8. The Balaban J connectivity index is 1.97. The predicted molar refractivity (Wildman–Crippen MR) is 101 cm³/mol. The number of aromatic nitrogens is 4. The van der Waals surface area contributed by atoms with Crippen LogP contribution in [-0.4, -0.2) is 63.4 Å². The minimum Gasteiger partial charge on any atom is -0.465 e. The molecule has 2 N–H and O–H groups in total. The van der Waals surface area contributed by atoms with Crippen molar-refractivity contribution in [2.45, 2.75) is 33.1 Å². The maximum atomic E-state index is 11.4. The van der Waals surface area contributed by atoms with Crippen LogP contribution in [0.4, 0.5) is 5.82 Å². The summed E-state index contributed by atoms with van der Waals surface area (Å²) < 4.78 is 23.4. The second-order valence-corrected chi connectivity index (χ2v) is 6.88. The number of anilines is 1. The fourth-order valence-electron chi connectivity index (χ4n) is 3.42. The van der Waals surface area contributed by atoms with E-state index in [0.717, 1.165) is 0 Å². The lowest BCUT2D eigenvalue weighted by molar-refractivity contribution is -0.149. The molecule has 0 amide bonds. The van der Waals surface area contributed by atoms with Crippen LogP contribution in [0.3, 0.4) is 0 Å². The topological polar surface area (TPSA) is 158 Å². The van der Waals surface area contributed by atoms with E-state index in [-0.39, 0.29) is 25.6 Å². The Morgan fingerprint density at radius 3 is 2.20 bits per heavy atom. The van der Waals surface area contributed by atoms with Crippen molar-refractivity contribution in [2.24, 2.45) is 11.8 Å². The first-order chi connectivity index (χ1) is 14.3. The van der Waals surface area contributed by atoms with Crippen molar-refractivity contribution >= 4 is 34.9 Å². The fourth-order valence-corrected chi connectivity index (χ4v) is 3.42. The first-order valence-electron chi connectivity index (χ1n) is 9.26. The summed E-state index contributed by atoms with van der Waals surface area (Å²) in [5.41, 5.74) is 6.69. The molecular weight excluding hydrogens is 398 g/mol. The highest BCUT2D eigenvalue weighted by atomic mass is 16.6. The lowest BCUT2D eigenvalue weighted by Gasteiger charge is -2.23. The second-order valence-electron chi connectivity index (χ2n) is 6.88. The van der Waals surface area contributed by atoms with Crippen molar-refractivity contribution in [3.05, 3.63) is 12.7 Å². The smallest absolute Gasteiger partial charge is 0.302 e.